The van der Waals surface area contributed by atoms with Crippen LogP contribution in [0.3, 0.4) is 0 Å². The molecule has 0 N–H and O–H groups in total. The number of benzene rings is 1. The topological polar surface area (TPSA) is 62.7 Å². The van der Waals surface area contributed by atoms with Gasteiger partial charge in [0.15, 0.2) is 0 Å². The summed E-state index contributed by atoms with van der Waals surface area (Å²) in [5, 5.41) is 0. The van der Waals surface area contributed by atoms with Gasteiger partial charge in [-0.3, -0.25) is 9.59 Å². The van der Waals surface area contributed by atoms with Gasteiger partial charge in [-0.25, -0.2) is 4.98 Å². The van der Waals surface area contributed by atoms with E-state index in [0.29, 0.717) is 25.5 Å². The molecule has 0 aliphatic carbocycles. The van der Waals surface area contributed by atoms with E-state index in [2.05, 4.69) is 20.9 Å². The van der Waals surface area contributed by atoms with Crippen LogP contribution >= 0.6 is 15.9 Å². The summed E-state index contributed by atoms with van der Waals surface area (Å²) in [5.74, 6) is 0.313. The minimum absolute atomic E-state index is 0.00519. The van der Waals surface area contributed by atoms with Crippen molar-refractivity contribution in [3.63, 3.8) is 0 Å². The number of pyridine rings is 1. The highest BCUT2D eigenvalue weighted by Gasteiger charge is 2.39. The molecule has 2 saturated heterocycles. The first kappa shape index (κ1) is 18.0. The first-order valence-electron chi connectivity index (χ1n) is 9.02. The average Bonchev–Trinajstić information content (AvgIpc) is 3.30. The van der Waals surface area contributed by atoms with Crippen LogP contribution in [0.25, 0.3) is 0 Å². The van der Waals surface area contributed by atoms with Crippen molar-refractivity contribution in [3.8, 4) is 5.88 Å². The van der Waals surface area contributed by atoms with Gasteiger partial charge in [0.1, 0.15) is 6.10 Å². The van der Waals surface area contributed by atoms with Crippen molar-refractivity contribution in [3.05, 3.63) is 53.1 Å². The molecule has 7 heteroatoms. The molecule has 0 saturated carbocycles. The van der Waals surface area contributed by atoms with E-state index in [0.717, 1.165) is 16.6 Å². The Morgan fingerprint density at radius 3 is 2.70 bits per heavy atom. The Labute approximate surface area is 166 Å². The Morgan fingerprint density at radius 1 is 1.15 bits per heavy atom. The van der Waals surface area contributed by atoms with Gasteiger partial charge in [-0.15, -0.1) is 0 Å². The summed E-state index contributed by atoms with van der Waals surface area (Å²) >= 11 is 3.35. The molecule has 3 heterocycles. The minimum Gasteiger partial charge on any atom is -0.472 e. The first-order valence-corrected chi connectivity index (χ1v) is 9.82. The van der Waals surface area contributed by atoms with Gasteiger partial charge in [-0.2, -0.15) is 0 Å². The number of ether oxygens (including phenoxy) is 1. The Hall–Kier alpha value is -2.41. The molecule has 2 fully saturated rings. The average molecular weight is 430 g/mol. The smallest absolute Gasteiger partial charge is 0.228 e. The van der Waals surface area contributed by atoms with Gasteiger partial charge in [0.05, 0.1) is 12.5 Å². The van der Waals surface area contributed by atoms with Gasteiger partial charge in [0, 0.05) is 48.4 Å². The van der Waals surface area contributed by atoms with Crippen molar-refractivity contribution in [1.82, 2.24) is 9.88 Å². The first-order chi connectivity index (χ1) is 13.1. The van der Waals surface area contributed by atoms with Crippen LogP contribution < -0.4 is 9.64 Å². The number of likely N-dealkylation sites (tertiary alicyclic amines) is 1. The van der Waals surface area contributed by atoms with E-state index in [4.69, 9.17) is 4.74 Å². The summed E-state index contributed by atoms with van der Waals surface area (Å²) in [5.41, 5.74) is 0.849. The zero-order chi connectivity index (χ0) is 18.8. The lowest BCUT2D eigenvalue weighted by Gasteiger charge is -2.21. The van der Waals surface area contributed by atoms with Crippen LogP contribution in [-0.2, 0) is 9.59 Å². The van der Waals surface area contributed by atoms with Crippen LogP contribution in [0.4, 0.5) is 5.69 Å². The number of para-hydroxylation sites is 1. The molecule has 6 nitrogen and oxygen atoms in total. The van der Waals surface area contributed by atoms with E-state index < -0.39 is 0 Å². The minimum atomic E-state index is -0.290. The van der Waals surface area contributed by atoms with Crippen molar-refractivity contribution in [1.29, 1.82) is 0 Å². The molecule has 2 aliphatic rings. The number of nitrogens with zero attached hydrogens (tertiary/aromatic N) is 3. The molecule has 0 radical (unpaired) electrons. The van der Waals surface area contributed by atoms with Gasteiger partial charge in [0.25, 0.3) is 0 Å². The summed E-state index contributed by atoms with van der Waals surface area (Å²) in [6.45, 7) is 1.63. The molecule has 2 amide bonds. The highest BCUT2D eigenvalue weighted by molar-refractivity contribution is 9.10. The third-order valence-corrected chi connectivity index (χ3v) is 5.46. The maximum Gasteiger partial charge on any atom is 0.228 e. The molecule has 0 spiro atoms. The summed E-state index contributed by atoms with van der Waals surface area (Å²) in [6.07, 6.45) is 2.66. The summed E-state index contributed by atoms with van der Waals surface area (Å²) in [4.78, 5) is 33.0. The Bertz CT molecular complexity index is 828. The lowest BCUT2D eigenvalue weighted by Crippen LogP contribution is -2.37. The Morgan fingerprint density at radius 2 is 1.96 bits per heavy atom. The molecule has 4 rings (SSSR count). The van der Waals surface area contributed by atoms with Crippen LogP contribution in [0.2, 0.25) is 0 Å². The van der Waals surface area contributed by atoms with Crippen LogP contribution in [0, 0.1) is 5.92 Å². The second-order valence-corrected chi connectivity index (χ2v) is 7.78. The van der Waals surface area contributed by atoms with E-state index in [1.807, 2.05) is 47.4 Å². The number of hydrogen-bond acceptors (Lipinski definition) is 4. The molecule has 27 heavy (non-hydrogen) atoms. The third-order valence-electron chi connectivity index (χ3n) is 4.99. The number of amides is 2. The second-order valence-electron chi connectivity index (χ2n) is 6.87. The molecular weight excluding hydrogens is 410 g/mol. The van der Waals surface area contributed by atoms with E-state index in [9.17, 15) is 9.59 Å². The van der Waals surface area contributed by atoms with Crippen molar-refractivity contribution < 1.29 is 14.3 Å². The fourth-order valence-corrected chi connectivity index (χ4v) is 3.85. The number of anilines is 1. The monoisotopic (exact) mass is 429 g/mol. The number of carbonyl (C=O) groups excluding carboxylic acids is 2. The predicted octanol–water partition coefficient (Wildman–Crippen LogP) is 2.88. The second kappa shape index (κ2) is 7.68. The van der Waals surface area contributed by atoms with E-state index in [1.54, 1.807) is 11.1 Å². The molecule has 140 valence electrons. The molecule has 2 atom stereocenters. The lowest BCUT2D eigenvalue weighted by atomic mass is 10.1. The zero-order valence-electron chi connectivity index (χ0n) is 14.8. The van der Waals surface area contributed by atoms with Gasteiger partial charge in [-0.1, -0.05) is 18.2 Å². The maximum atomic E-state index is 12.9. The van der Waals surface area contributed by atoms with Gasteiger partial charge >= 0.3 is 0 Å². The molecule has 1 aromatic carbocycles. The summed E-state index contributed by atoms with van der Waals surface area (Å²) in [6, 6.07) is 13.2. The number of aromatic nitrogens is 1. The lowest BCUT2D eigenvalue weighted by molar-refractivity contribution is -0.135. The molecule has 2 unspecified atom stereocenters. The van der Waals surface area contributed by atoms with Crippen molar-refractivity contribution in [2.75, 3.05) is 24.5 Å². The third kappa shape index (κ3) is 3.98. The fourth-order valence-electron chi connectivity index (χ4n) is 3.62. The molecular formula is C20H20BrN3O3. The van der Waals surface area contributed by atoms with Crippen molar-refractivity contribution >= 4 is 33.4 Å². The van der Waals surface area contributed by atoms with Crippen molar-refractivity contribution in [2.24, 2.45) is 5.92 Å². The molecule has 1 aromatic heterocycles. The Kier molecular flexibility index (Phi) is 5.11. The van der Waals surface area contributed by atoms with Gasteiger partial charge in [-0.05, 0) is 34.1 Å². The van der Waals surface area contributed by atoms with E-state index in [1.165, 1.54) is 0 Å². The maximum absolute atomic E-state index is 12.9. The number of hydrogen-bond donors (Lipinski definition) is 0. The van der Waals surface area contributed by atoms with Crippen molar-refractivity contribution in [2.45, 2.75) is 18.9 Å². The highest BCUT2D eigenvalue weighted by Crippen LogP contribution is 2.27. The molecule has 2 aromatic rings. The Balaban J connectivity index is 1.35. The number of halogens is 1. The summed E-state index contributed by atoms with van der Waals surface area (Å²) < 4.78 is 6.78. The van der Waals surface area contributed by atoms with Crippen LogP contribution in [0.15, 0.2) is 53.1 Å². The normalized spacial score (nSPS) is 22.3. The number of carbonyl (C=O) groups is 2. The van der Waals surface area contributed by atoms with Gasteiger partial charge in [0.2, 0.25) is 17.7 Å². The highest BCUT2D eigenvalue weighted by atomic mass is 79.9. The fraction of sp³-hybridized carbons (Fsp3) is 0.350. The van der Waals surface area contributed by atoms with Gasteiger partial charge < -0.3 is 14.5 Å². The zero-order valence-corrected chi connectivity index (χ0v) is 16.3. The SMILES string of the molecule is O=C(C1CC(=O)N(c2ccccc2)C1)N1CCC(Oc2ccc(Br)cn2)C1. The predicted molar refractivity (Wildman–Crippen MR) is 104 cm³/mol. The van der Waals surface area contributed by atoms with E-state index in [-0.39, 0.29) is 30.3 Å². The number of rotatable bonds is 4. The van der Waals surface area contributed by atoms with Crippen LogP contribution in [0.5, 0.6) is 5.88 Å². The quantitative estimate of drug-likeness (QED) is 0.749. The molecule has 2 aliphatic heterocycles. The standard InChI is InChI=1S/C20H20BrN3O3/c21-15-6-7-18(22-11-15)27-17-8-9-23(13-17)20(26)14-10-19(25)24(12-14)16-4-2-1-3-5-16/h1-7,11,14,17H,8-10,12-13H2. The van der Waals surface area contributed by atoms with Crippen LogP contribution in [-0.4, -0.2) is 47.4 Å². The molecule has 0 bridgehead atoms. The van der Waals surface area contributed by atoms with E-state index >= 15 is 0 Å². The largest absolute Gasteiger partial charge is 0.472 e. The van der Waals surface area contributed by atoms with Crippen LogP contribution in [0.1, 0.15) is 12.8 Å². The summed E-state index contributed by atoms with van der Waals surface area (Å²) in [7, 11) is 0.